The topological polar surface area (TPSA) is 69.3 Å². The monoisotopic (exact) mass is 455 g/mol. The van der Waals surface area contributed by atoms with Crippen LogP contribution in [0.5, 0.6) is 5.75 Å². The van der Waals surface area contributed by atoms with Crippen molar-refractivity contribution in [2.45, 2.75) is 39.6 Å². The van der Waals surface area contributed by atoms with Gasteiger partial charge in [-0.25, -0.2) is 0 Å². The fraction of sp³-hybridized carbons (Fsp3) is 0.333. The van der Waals surface area contributed by atoms with Crippen molar-refractivity contribution < 1.29 is 27.1 Å². The van der Waals surface area contributed by atoms with Gasteiger partial charge in [0.15, 0.2) is 11.5 Å². The van der Waals surface area contributed by atoms with Crippen LogP contribution in [0.25, 0.3) is 0 Å². The number of aromatic nitrogens is 2. The van der Waals surface area contributed by atoms with E-state index < -0.39 is 17.8 Å². The Morgan fingerprint density at radius 2 is 2.03 bits per heavy atom. The zero-order chi connectivity index (χ0) is 22.6. The Morgan fingerprint density at radius 3 is 2.71 bits per heavy atom. The summed E-state index contributed by atoms with van der Waals surface area (Å²) in [5.41, 5.74) is 0.362. The van der Waals surface area contributed by atoms with Gasteiger partial charge in [-0.15, -0.1) is 0 Å². The first-order valence-electron chi connectivity index (χ1n) is 9.51. The molecule has 0 unspecified atom stereocenters. The third-order valence-corrected chi connectivity index (χ3v) is 4.81. The molecular weight excluding hydrogens is 435 g/mol. The summed E-state index contributed by atoms with van der Waals surface area (Å²) < 4.78 is 50.5. The van der Waals surface area contributed by atoms with Gasteiger partial charge in [-0.05, 0) is 50.1 Å². The van der Waals surface area contributed by atoms with E-state index in [9.17, 15) is 18.0 Å². The average molecular weight is 456 g/mol. The average Bonchev–Trinajstić information content (AvgIpc) is 3.31. The van der Waals surface area contributed by atoms with Crippen LogP contribution in [0.1, 0.15) is 39.7 Å². The van der Waals surface area contributed by atoms with E-state index in [2.05, 4.69) is 10.4 Å². The first-order valence-corrected chi connectivity index (χ1v) is 9.89. The van der Waals surface area contributed by atoms with Crippen LogP contribution in [0, 0.1) is 13.8 Å². The summed E-state index contributed by atoms with van der Waals surface area (Å²) in [6, 6.07) is 9.57. The van der Waals surface area contributed by atoms with Gasteiger partial charge in [0.25, 0.3) is 5.91 Å². The van der Waals surface area contributed by atoms with Crippen LogP contribution in [0.15, 0.2) is 40.8 Å². The number of alkyl halides is 3. The zero-order valence-electron chi connectivity index (χ0n) is 16.9. The number of benzene rings is 1. The lowest BCUT2D eigenvalue weighted by Crippen LogP contribution is -2.25. The lowest BCUT2D eigenvalue weighted by atomic mass is 10.2. The minimum absolute atomic E-state index is 0.109. The van der Waals surface area contributed by atoms with Crippen LogP contribution in [-0.4, -0.2) is 22.2 Å². The van der Waals surface area contributed by atoms with E-state index in [4.69, 9.17) is 20.8 Å². The van der Waals surface area contributed by atoms with Crippen molar-refractivity contribution in [1.29, 1.82) is 0 Å². The molecule has 0 bridgehead atoms. The zero-order valence-corrected chi connectivity index (χ0v) is 17.7. The van der Waals surface area contributed by atoms with Crippen molar-refractivity contribution in [2.75, 3.05) is 6.54 Å². The van der Waals surface area contributed by atoms with Gasteiger partial charge in [-0.3, -0.25) is 9.48 Å². The fourth-order valence-electron chi connectivity index (χ4n) is 2.91. The Balaban J connectivity index is 1.46. The van der Waals surface area contributed by atoms with E-state index in [0.29, 0.717) is 28.6 Å². The number of nitrogens with zero attached hydrogens (tertiary/aromatic N) is 2. The summed E-state index contributed by atoms with van der Waals surface area (Å²) in [4.78, 5) is 12.2. The number of aryl methyl sites for hydroxylation is 3. The predicted octanol–water partition coefficient (Wildman–Crippen LogP) is 5.16. The number of furan rings is 1. The maximum atomic E-state index is 12.7. The number of carbonyl (C=O) groups is 1. The van der Waals surface area contributed by atoms with Gasteiger partial charge >= 0.3 is 6.18 Å². The Morgan fingerprint density at radius 1 is 1.26 bits per heavy atom. The normalized spacial score (nSPS) is 11.5. The van der Waals surface area contributed by atoms with Gasteiger partial charge in [0, 0.05) is 18.8 Å². The van der Waals surface area contributed by atoms with E-state index in [-0.39, 0.29) is 25.5 Å². The van der Waals surface area contributed by atoms with Crippen LogP contribution in [0.3, 0.4) is 0 Å². The molecule has 10 heteroatoms. The molecule has 0 fully saturated rings. The molecule has 0 aliphatic carbocycles. The maximum Gasteiger partial charge on any atom is 0.435 e. The predicted molar refractivity (Wildman–Crippen MR) is 108 cm³/mol. The molecule has 0 aliphatic rings. The van der Waals surface area contributed by atoms with Crippen LogP contribution in [0.2, 0.25) is 5.02 Å². The highest BCUT2D eigenvalue weighted by atomic mass is 35.5. The largest absolute Gasteiger partial charge is 0.484 e. The third-order valence-electron chi connectivity index (χ3n) is 4.51. The summed E-state index contributed by atoms with van der Waals surface area (Å²) in [7, 11) is 0. The van der Waals surface area contributed by atoms with E-state index in [1.54, 1.807) is 19.1 Å². The first kappa shape index (κ1) is 22.7. The molecule has 1 aromatic carbocycles. The van der Waals surface area contributed by atoms with E-state index in [1.807, 2.05) is 19.1 Å². The standard InChI is InChI=1S/C21H21ClF3N3O3/c1-13-5-3-6-16(22)19(13)30-12-15-7-8-17(31-15)20(29)26-9-4-10-28-14(2)11-18(27-28)21(23,24)25/h3,5-8,11H,4,9-10,12H2,1-2H3,(H,26,29). The minimum atomic E-state index is -4.48. The van der Waals surface area contributed by atoms with Gasteiger partial charge < -0.3 is 14.5 Å². The summed E-state index contributed by atoms with van der Waals surface area (Å²) >= 11 is 6.12. The molecule has 0 spiro atoms. The summed E-state index contributed by atoms with van der Waals surface area (Å²) in [6.45, 7) is 4.04. The number of hydrogen-bond acceptors (Lipinski definition) is 4. The fourth-order valence-corrected chi connectivity index (χ4v) is 3.19. The molecule has 6 nitrogen and oxygen atoms in total. The van der Waals surface area contributed by atoms with Crippen molar-refractivity contribution in [1.82, 2.24) is 15.1 Å². The minimum Gasteiger partial charge on any atom is -0.484 e. The molecule has 3 rings (SSSR count). The van der Waals surface area contributed by atoms with E-state index in [0.717, 1.165) is 11.6 Å². The van der Waals surface area contributed by atoms with Crippen molar-refractivity contribution >= 4 is 17.5 Å². The van der Waals surface area contributed by atoms with Crippen molar-refractivity contribution in [3.05, 3.63) is 69.9 Å². The summed E-state index contributed by atoms with van der Waals surface area (Å²) in [5, 5.41) is 6.71. The molecule has 166 valence electrons. The van der Waals surface area contributed by atoms with E-state index in [1.165, 1.54) is 10.7 Å². The van der Waals surface area contributed by atoms with Crippen molar-refractivity contribution in [3.8, 4) is 5.75 Å². The van der Waals surface area contributed by atoms with Crippen LogP contribution in [0.4, 0.5) is 13.2 Å². The highest BCUT2D eigenvalue weighted by Crippen LogP contribution is 2.29. The quantitative estimate of drug-likeness (QED) is 0.476. The number of ether oxygens (including phenoxy) is 1. The summed E-state index contributed by atoms with van der Waals surface area (Å²) in [5.74, 6) is 0.697. The Labute approximate surface area is 181 Å². The first-order chi connectivity index (χ1) is 14.6. The number of hydrogen-bond donors (Lipinski definition) is 1. The molecule has 1 N–H and O–H groups in total. The number of rotatable bonds is 8. The number of para-hydroxylation sites is 1. The van der Waals surface area contributed by atoms with Crippen molar-refractivity contribution in [3.63, 3.8) is 0 Å². The molecule has 0 saturated carbocycles. The SMILES string of the molecule is Cc1cccc(Cl)c1OCc1ccc(C(=O)NCCCn2nc(C(F)(F)F)cc2C)o1. The molecule has 0 aliphatic heterocycles. The summed E-state index contributed by atoms with van der Waals surface area (Å²) in [6.07, 6.45) is -4.07. The number of nitrogens with one attached hydrogen (secondary N) is 1. The molecule has 31 heavy (non-hydrogen) atoms. The van der Waals surface area contributed by atoms with Gasteiger partial charge in [-0.1, -0.05) is 23.7 Å². The smallest absolute Gasteiger partial charge is 0.435 e. The second-order valence-corrected chi connectivity index (χ2v) is 7.35. The van der Waals surface area contributed by atoms with Gasteiger partial charge in [0.1, 0.15) is 18.1 Å². The Bertz CT molecular complexity index is 1040. The Hall–Kier alpha value is -2.94. The second-order valence-electron chi connectivity index (χ2n) is 6.94. The molecule has 2 aromatic heterocycles. The van der Waals surface area contributed by atoms with Gasteiger partial charge in [0.05, 0.1) is 5.02 Å². The van der Waals surface area contributed by atoms with Crippen molar-refractivity contribution in [2.24, 2.45) is 0 Å². The molecule has 0 atom stereocenters. The molecular formula is C21H21ClF3N3O3. The lowest BCUT2D eigenvalue weighted by molar-refractivity contribution is -0.141. The maximum absolute atomic E-state index is 12.7. The third kappa shape index (κ3) is 5.81. The number of carbonyl (C=O) groups excluding carboxylic acids is 1. The molecule has 0 radical (unpaired) electrons. The van der Waals surface area contributed by atoms with E-state index >= 15 is 0 Å². The van der Waals surface area contributed by atoms with Gasteiger partial charge in [-0.2, -0.15) is 18.3 Å². The highest BCUT2D eigenvalue weighted by molar-refractivity contribution is 6.32. The Kier molecular flexibility index (Phi) is 6.94. The number of halogens is 4. The lowest BCUT2D eigenvalue weighted by Gasteiger charge is -2.09. The molecule has 0 saturated heterocycles. The van der Waals surface area contributed by atoms with Crippen LogP contribution in [-0.2, 0) is 19.3 Å². The molecule has 1 amide bonds. The van der Waals surface area contributed by atoms with Crippen LogP contribution >= 0.6 is 11.6 Å². The molecule has 2 heterocycles. The second kappa shape index (κ2) is 9.47. The molecule has 3 aromatic rings. The van der Waals surface area contributed by atoms with Crippen LogP contribution < -0.4 is 10.1 Å². The number of amides is 1. The highest BCUT2D eigenvalue weighted by Gasteiger charge is 2.34. The van der Waals surface area contributed by atoms with Gasteiger partial charge in [0.2, 0.25) is 0 Å².